The average molecular weight is 262 g/mol. The summed E-state index contributed by atoms with van der Waals surface area (Å²) in [6.45, 7) is 1.59. The number of hydrogen-bond acceptors (Lipinski definition) is 6. The molecule has 0 aliphatic carbocycles. The number of nitrogens with zero attached hydrogens (tertiary/aromatic N) is 2. The minimum atomic E-state index is -0.254. The molecule has 19 heavy (non-hydrogen) atoms. The van der Waals surface area contributed by atoms with Gasteiger partial charge < -0.3 is 19.1 Å². The fourth-order valence-electron chi connectivity index (χ4n) is 1.95. The van der Waals surface area contributed by atoms with Crippen molar-refractivity contribution in [2.45, 2.75) is 12.5 Å². The predicted octanol–water partition coefficient (Wildman–Crippen LogP) is 1.45. The van der Waals surface area contributed by atoms with Gasteiger partial charge in [0.25, 0.3) is 0 Å². The molecule has 1 atom stereocenters. The predicted molar refractivity (Wildman–Crippen MR) is 64.7 cm³/mol. The smallest absolute Gasteiger partial charge is 0.231 e. The van der Waals surface area contributed by atoms with Gasteiger partial charge >= 0.3 is 0 Å². The molecular formula is C13H14N2O4. The molecule has 100 valence electrons. The van der Waals surface area contributed by atoms with Gasteiger partial charge in [0.1, 0.15) is 11.9 Å². The number of aromatic hydroxyl groups is 1. The van der Waals surface area contributed by atoms with Crippen molar-refractivity contribution >= 4 is 0 Å². The van der Waals surface area contributed by atoms with Gasteiger partial charge in [-0.3, -0.25) is 0 Å². The van der Waals surface area contributed by atoms with Crippen LogP contribution in [0.4, 0.5) is 0 Å². The third-order valence-corrected chi connectivity index (χ3v) is 2.85. The van der Waals surface area contributed by atoms with Crippen LogP contribution in [0.5, 0.6) is 5.75 Å². The van der Waals surface area contributed by atoms with Gasteiger partial charge in [0, 0.05) is 0 Å². The van der Waals surface area contributed by atoms with Crippen LogP contribution in [0, 0.1) is 0 Å². The van der Waals surface area contributed by atoms with Gasteiger partial charge in [-0.2, -0.15) is 4.98 Å². The van der Waals surface area contributed by atoms with Gasteiger partial charge in [0.2, 0.25) is 11.7 Å². The van der Waals surface area contributed by atoms with Gasteiger partial charge in [-0.25, -0.2) is 0 Å². The number of hydrogen-bond donors (Lipinski definition) is 1. The van der Waals surface area contributed by atoms with Gasteiger partial charge in [0.15, 0.2) is 0 Å². The van der Waals surface area contributed by atoms with Crippen molar-refractivity contribution in [3.05, 3.63) is 41.5 Å². The molecule has 0 amide bonds. The highest BCUT2D eigenvalue weighted by Gasteiger charge is 2.22. The van der Waals surface area contributed by atoms with Crippen molar-refractivity contribution in [2.75, 3.05) is 19.8 Å². The first kappa shape index (κ1) is 12.1. The Morgan fingerprint density at radius 2 is 2.26 bits per heavy atom. The normalized spacial score (nSPS) is 19.5. The number of benzene rings is 1. The van der Waals surface area contributed by atoms with Crippen LogP contribution in [0.1, 0.15) is 23.4 Å². The molecule has 2 aromatic rings. The van der Waals surface area contributed by atoms with Crippen molar-refractivity contribution in [2.24, 2.45) is 0 Å². The Bertz CT molecular complexity index is 549. The van der Waals surface area contributed by atoms with Crippen molar-refractivity contribution < 1.29 is 19.1 Å². The molecule has 3 rings (SSSR count). The molecule has 1 N–H and O–H groups in total. The summed E-state index contributed by atoms with van der Waals surface area (Å²) in [6, 6.07) is 6.96. The van der Waals surface area contributed by atoms with Crippen LogP contribution in [-0.2, 0) is 15.9 Å². The van der Waals surface area contributed by atoms with E-state index >= 15 is 0 Å². The van der Waals surface area contributed by atoms with Gasteiger partial charge in [-0.1, -0.05) is 17.3 Å². The Kier molecular flexibility index (Phi) is 3.43. The second kappa shape index (κ2) is 5.38. The van der Waals surface area contributed by atoms with Gasteiger partial charge in [0.05, 0.1) is 26.2 Å². The van der Waals surface area contributed by atoms with E-state index in [0.29, 0.717) is 38.0 Å². The van der Waals surface area contributed by atoms with Crippen molar-refractivity contribution in [3.8, 4) is 5.75 Å². The summed E-state index contributed by atoms with van der Waals surface area (Å²) >= 11 is 0. The summed E-state index contributed by atoms with van der Waals surface area (Å²) in [5.74, 6) is 1.23. The highest BCUT2D eigenvalue weighted by Crippen LogP contribution is 2.19. The topological polar surface area (TPSA) is 77.6 Å². The first-order valence-electron chi connectivity index (χ1n) is 6.11. The summed E-state index contributed by atoms with van der Waals surface area (Å²) < 4.78 is 16.0. The summed E-state index contributed by atoms with van der Waals surface area (Å²) in [5, 5.41) is 13.3. The van der Waals surface area contributed by atoms with E-state index < -0.39 is 0 Å². The monoisotopic (exact) mass is 262 g/mol. The lowest BCUT2D eigenvalue weighted by Crippen LogP contribution is -2.22. The maximum absolute atomic E-state index is 9.40. The molecule has 1 aromatic carbocycles. The van der Waals surface area contributed by atoms with E-state index in [-0.39, 0.29) is 11.9 Å². The maximum atomic E-state index is 9.40. The molecular weight excluding hydrogens is 248 g/mol. The van der Waals surface area contributed by atoms with E-state index in [1.165, 1.54) is 0 Å². The first-order chi connectivity index (χ1) is 9.31. The van der Waals surface area contributed by atoms with Crippen LogP contribution in [0.25, 0.3) is 0 Å². The molecule has 6 nitrogen and oxygen atoms in total. The Hall–Kier alpha value is -1.92. The molecule has 1 fully saturated rings. The largest absolute Gasteiger partial charge is 0.508 e. The van der Waals surface area contributed by atoms with Crippen LogP contribution in [0.3, 0.4) is 0 Å². The van der Waals surface area contributed by atoms with Crippen molar-refractivity contribution in [3.63, 3.8) is 0 Å². The number of rotatable bonds is 3. The van der Waals surface area contributed by atoms with Crippen LogP contribution in [0.15, 0.2) is 28.8 Å². The first-order valence-corrected chi connectivity index (χ1v) is 6.11. The van der Waals surface area contributed by atoms with Crippen molar-refractivity contribution in [1.29, 1.82) is 0 Å². The number of aromatic nitrogens is 2. The van der Waals surface area contributed by atoms with Gasteiger partial charge in [-0.05, 0) is 17.7 Å². The summed E-state index contributed by atoms with van der Waals surface area (Å²) in [7, 11) is 0. The second-order valence-corrected chi connectivity index (χ2v) is 4.33. The molecule has 0 bridgehead atoms. The van der Waals surface area contributed by atoms with Crippen LogP contribution in [0.2, 0.25) is 0 Å². The van der Waals surface area contributed by atoms with E-state index in [1.54, 1.807) is 18.2 Å². The molecule has 0 saturated carbocycles. The van der Waals surface area contributed by atoms with Crippen LogP contribution >= 0.6 is 0 Å². The van der Waals surface area contributed by atoms with Crippen LogP contribution in [-0.4, -0.2) is 35.1 Å². The molecule has 2 heterocycles. The Morgan fingerprint density at radius 1 is 1.32 bits per heavy atom. The Morgan fingerprint density at radius 3 is 3.05 bits per heavy atom. The van der Waals surface area contributed by atoms with Crippen molar-refractivity contribution in [1.82, 2.24) is 10.1 Å². The third-order valence-electron chi connectivity index (χ3n) is 2.85. The fourth-order valence-corrected chi connectivity index (χ4v) is 1.95. The second-order valence-electron chi connectivity index (χ2n) is 4.33. The summed E-state index contributed by atoms with van der Waals surface area (Å²) in [4.78, 5) is 4.29. The fraction of sp³-hybridized carbons (Fsp3) is 0.385. The quantitative estimate of drug-likeness (QED) is 0.902. The average Bonchev–Trinajstić information content (AvgIpc) is 2.88. The molecule has 1 aliphatic rings. The maximum Gasteiger partial charge on any atom is 0.231 e. The molecule has 6 heteroatoms. The standard InChI is InChI=1S/C13H14N2O4/c16-10-3-1-2-9(6-10)7-12-14-13(15-19-12)11-8-17-4-5-18-11/h1-3,6,11,16H,4-5,7-8H2. The van der Waals surface area contributed by atoms with E-state index in [1.807, 2.05) is 6.07 Å². The van der Waals surface area contributed by atoms with E-state index in [9.17, 15) is 5.11 Å². The van der Waals surface area contributed by atoms with E-state index in [2.05, 4.69) is 10.1 Å². The van der Waals surface area contributed by atoms with E-state index in [0.717, 1.165) is 5.56 Å². The lowest BCUT2D eigenvalue weighted by atomic mass is 10.1. The van der Waals surface area contributed by atoms with E-state index in [4.69, 9.17) is 14.0 Å². The minimum Gasteiger partial charge on any atom is -0.508 e. The lowest BCUT2D eigenvalue weighted by Gasteiger charge is -2.19. The zero-order valence-electron chi connectivity index (χ0n) is 10.3. The molecule has 1 saturated heterocycles. The molecule has 0 spiro atoms. The molecule has 0 radical (unpaired) electrons. The molecule has 1 aromatic heterocycles. The van der Waals surface area contributed by atoms with Gasteiger partial charge in [-0.15, -0.1) is 0 Å². The highest BCUT2D eigenvalue weighted by atomic mass is 16.6. The zero-order chi connectivity index (χ0) is 13.1. The summed E-state index contributed by atoms with van der Waals surface area (Å²) in [6.07, 6.45) is 0.227. The molecule has 1 aliphatic heterocycles. The lowest BCUT2D eigenvalue weighted by molar-refractivity contribution is -0.0941. The summed E-state index contributed by atoms with van der Waals surface area (Å²) in [5.41, 5.74) is 0.913. The minimum absolute atomic E-state index is 0.223. The third kappa shape index (κ3) is 2.91. The molecule has 1 unspecified atom stereocenters. The number of phenolic OH excluding ortho intramolecular Hbond substituents is 1. The zero-order valence-corrected chi connectivity index (χ0v) is 10.3. The number of ether oxygens (including phenoxy) is 2. The Labute approximate surface area is 110 Å². The highest BCUT2D eigenvalue weighted by molar-refractivity contribution is 5.28. The SMILES string of the molecule is Oc1cccc(Cc2nc(C3COCCO3)no2)c1. The van der Waals surface area contributed by atoms with Crippen LogP contribution < -0.4 is 0 Å². The Balaban J connectivity index is 1.70. The number of phenols is 1.